The van der Waals surface area contributed by atoms with Crippen LogP contribution in [0, 0.1) is 39.8 Å². The predicted molar refractivity (Wildman–Crippen MR) is 264 cm³/mol. The van der Waals surface area contributed by atoms with Crippen LogP contribution in [0.3, 0.4) is 0 Å². The molecule has 3 saturated heterocycles. The molecule has 3 N–H and O–H groups in total. The molecule has 17 heteroatoms. The summed E-state index contributed by atoms with van der Waals surface area (Å²) in [7, 11) is 0. The molecule has 9 aliphatic rings. The number of anilines is 1. The lowest BCUT2D eigenvalue weighted by atomic mass is 9.56. The molecule has 5 amide bonds. The Morgan fingerprint density at radius 3 is 2.36 bits per heavy atom. The Bertz CT molecular complexity index is 2880. The van der Waals surface area contributed by atoms with Crippen LogP contribution in [0.2, 0.25) is 5.02 Å². The van der Waals surface area contributed by atoms with E-state index in [4.69, 9.17) is 11.6 Å². The molecule has 6 atom stereocenters. The molecule has 4 aliphatic carbocycles. The first-order valence-corrected chi connectivity index (χ1v) is 26.4. The molecule has 7 fully saturated rings. The van der Waals surface area contributed by atoms with E-state index in [1.165, 1.54) is 12.3 Å². The van der Waals surface area contributed by atoms with E-state index < -0.39 is 64.0 Å². The SMILES string of the molecule is CCN1[C@@H](CC(C)(C)C)[C@@]2(CNc3cc(C(F)(F)F)ncc32)[C@@H](c2cccc(Cl)c2F)[C@@H]1C(=O)NC12CCC(C(=O)N3CCC4(CC3)C[C@@H]4C#Cc3cccc4c3CN(C3CCC(=O)NC3=O)C4=O)(CC1)CC2. The number of alkyl halides is 3. The number of rotatable bonds is 7. The molecule has 12 rings (SSSR count). The summed E-state index contributed by atoms with van der Waals surface area (Å²) in [6.07, 6.45) is 4.00. The van der Waals surface area contributed by atoms with Crippen LogP contribution in [-0.4, -0.2) is 99.1 Å². The molecular formula is C56H62ClF4N7O5. The zero-order chi connectivity index (χ0) is 51.6. The smallest absolute Gasteiger partial charge is 0.384 e. The first-order valence-electron chi connectivity index (χ1n) is 26.0. The number of hydrogen-bond acceptors (Lipinski definition) is 8. The van der Waals surface area contributed by atoms with Crippen molar-refractivity contribution in [3.63, 3.8) is 0 Å². The van der Waals surface area contributed by atoms with Crippen LogP contribution in [0.15, 0.2) is 48.7 Å². The minimum absolute atomic E-state index is 0.0363. The molecule has 386 valence electrons. The molecule has 0 radical (unpaired) electrons. The highest BCUT2D eigenvalue weighted by Gasteiger charge is 2.66. The predicted octanol–water partition coefficient (Wildman–Crippen LogP) is 8.50. The van der Waals surface area contributed by atoms with E-state index in [2.05, 4.69) is 58.4 Å². The number of likely N-dealkylation sites (N-methyl/N-ethyl adjacent to an activating group) is 1. The van der Waals surface area contributed by atoms with Crippen LogP contribution in [0.5, 0.6) is 0 Å². The largest absolute Gasteiger partial charge is 0.433 e. The highest BCUT2D eigenvalue weighted by Crippen LogP contribution is 2.62. The summed E-state index contributed by atoms with van der Waals surface area (Å²) < 4.78 is 58.8. The number of fused-ring (bicyclic) bond motifs is 6. The van der Waals surface area contributed by atoms with E-state index in [-0.39, 0.29) is 76.2 Å². The minimum Gasteiger partial charge on any atom is -0.384 e. The molecule has 2 aromatic carbocycles. The van der Waals surface area contributed by atoms with Gasteiger partial charge in [-0.15, -0.1) is 0 Å². The van der Waals surface area contributed by atoms with Gasteiger partial charge in [-0.25, -0.2) is 4.39 Å². The lowest BCUT2D eigenvalue weighted by Gasteiger charge is -2.54. The summed E-state index contributed by atoms with van der Waals surface area (Å²) in [6, 6.07) is 9.28. The molecule has 1 unspecified atom stereocenters. The number of likely N-dealkylation sites (tertiary alicyclic amines) is 2. The molecule has 73 heavy (non-hydrogen) atoms. The summed E-state index contributed by atoms with van der Waals surface area (Å²) in [5, 5.41) is 9.04. The summed E-state index contributed by atoms with van der Waals surface area (Å²) >= 11 is 6.50. The molecule has 4 saturated carbocycles. The lowest BCUT2D eigenvalue weighted by molar-refractivity contribution is -0.152. The van der Waals surface area contributed by atoms with E-state index in [0.29, 0.717) is 82.1 Å². The summed E-state index contributed by atoms with van der Waals surface area (Å²) in [4.78, 5) is 77.5. The molecule has 2 bridgehead atoms. The average molecular weight is 1020 g/mol. The fourth-order valence-electron chi connectivity index (χ4n) is 14.5. The quantitative estimate of drug-likeness (QED) is 0.122. The number of nitrogens with zero attached hydrogens (tertiary/aromatic N) is 4. The van der Waals surface area contributed by atoms with Crippen LogP contribution in [-0.2, 0) is 37.3 Å². The Labute approximate surface area is 428 Å². The number of pyridine rings is 1. The Kier molecular flexibility index (Phi) is 11.9. The van der Waals surface area contributed by atoms with Gasteiger partial charge in [0, 0.05) is 95.4 Å². The lowest BCUT2D eigenvalue weighted by Crippen LogP contribution is -2.63. The number of halogens is 5. The van der Waals surface area contributed by atoms with Gasteiger partial charge < -0.3 is 20.4 Å². The minimum atomic E-state index is -4.68. The molecule has 12 nitrogen and oxygen atoms in total. The fraction of sp³-hybridized carbons (Fsp3) is 0.571. The Morgan fingerprint density at radius 1 is 0.973 bits per heavy atom. The zero-order valence-corrected chi connectivity index (χ0v) is 42.5. The van der Waals surface area contributed by atoms with Crippen molar-refractivity contribution in [3.05, 3.63) is 93.0 Å². The Morgan fingerprint density at radius 2 is 1.68 bits per heavy atom. The van der Waals surface area contributed by atoms with Gasteiger partial charge in [0.2, 0.25) is 23.6 Å². The van der Waals surface area contributed by atoms with Crippen LogP contribution < -0.4 is 16.0 Å². The number of imide groups is 1. The van der Waals surface area contributed by atoms with Crippen molar-refractivity contribution in [1.29, 1.82) is 0 Å². The zero-order valence-electron chi connectivity index (χ0n) is 41.7. The number of nitrogens with one attached hydrogen (secondary N) is 3. The van der Waals surface area contributed by atoms with Crippen molar-refractivity contribution in [3.8, 4) is 11.8 Å². The second-order valence-corrected chi connectivity index (χ2v) is 24.1. The monoisotopic (exact) mass is 1020 g/mol. The van der Waals surface area contributed by atoms with Gasteiger partial charge in [-0.1, -0.05) is 69.3 Å². The van der Waals surface area contributed by atoms with Gasteiger partial charge in [-0.05, 0) is 123 Å². The topological polar surface area (TPSA) is 144 Å². The highest BCUT2D eigenvalue weighted by molar-refractivity contribution is 6.30. The van der Waals surface area contributed by atoms with Crippen molar-refractivity contribution in [1.82, 2.24) is 30.3 Å². The third-order valence-electron chi connectivity index (χ3n) is 18.5. The van der Waals surface area contributed by atoms with Gasteiger partial charge in [0.05, 0.1) is 11.1 Å². The van der Waals surface area contributed by atoms with Crippen molar-refractivity contribution in [2.45, 2.75) is 152 Å². The van der Waals surface area contributed by atoms with Crippen LogP contribution in [0.1, 0.15) is 149 Å². The first kappa shape index (κ1) is 49.7. The van der Waals surface area contributed by atoms with Crippen molar-refractivity contribution < 1.29 is 41.5 Å². The van der Waals surface area contributed by atoms with Crippen molar-refractivity contribution in [2.75, 3.05) is 31.5 Å². The third-order valence-corrected chi connectivity index (χ3v) is 18.8. The summed E-state index contributed by atoms with van der Waals surface area (Å²) in [5.74, 6) is 4.46. The van der Waals surface area contributed by atoms with E-state index in [1.54, 1.807) is 23.1 Å². The van der Waals surface area contributed by atoms with Gasteiger partial charge in [-0.3, -0.25) is 39.2 Å². The maximum absolute atomic E-state index is 16.7. The number of carbonyl (C=O) groups excluding carboxylic acids is 5. The second-order valence-electron chi connectivity index (χ2n) is 23.6. The van der Waals surface area contributed by atoms with Gasteiger partial charge in [0.25, 0.3) is 5.91 Å². The van der Waals surface area contributed by atoms with Gasteiger partial charge in [-0.2, -0.15) is 13.2 Å². The second kappa shape index (κ2) is 17.5. The molecule has 5 aliphatic heterocycles. The van der Waals surface area contributed by atoms with Gasteiger partial charge >= 0.3 is 6.18 Å². The number of carbonyl (C=O) groups is 5. The molecule has 6 heterocycles. The Balaban J connectivity index is 0.777. The van der Waals surface area contributed by atoms with E-state index in [1.807, 2.05) is 24.0 Å². The van der Waals surface area contributed by atoms with Crippen LogP contribution >= 0.6 is 11.6 Å². The van der Waals surface area contributed by atoms with Crippen LogP contribution in [0.4, 0.5) is 23.2 Å². The van der Waals surface area contributed by atoms with Crippen molar-refractivity contribution in [2.24, 2.45) is 22.2 Å². The maximum Gasteiger partial charge on any atom is 0.433 e. The number of piperidine rings is 2. The molecule has 1 aromatic heterocycles. The van der Waals surface area contributed by atoms with E-state index in [9.17, 15) is 32.3 Å². The van der Waals surface area contributed by atoms with Gasteiger partial charge in [0.1, 0.15) is 17.6 Å². The van der Waals surface area contributed by atoms with E-state index >= 15 is 9.18 Å². The molecule has 3 aromatic rings. The summed E-state index contributed by atoms with van der Waals surface area (Å²) in [5.41, 5.74) is -0.317. The molecule has 2 spiro atoms. The third kappa shape index (κ3) is 8.21. The first-order chi connectivity index (χ1) is 34.6. The number of benzene rings is 2. The number of aromatic nitrogens is 1. The number of hydrogen-bond donors (Lipinski definition) is 3. The maximum atomic E-state index is 16.7. The standard InChI is InChI=1S/C56H62ClF4N7O5/c1-5-67-42(28-51(2,3)4)55(31-63-39-26-41(56(59,60)61)62-29-37(39)55)44(35-10-7-11-38(57)45(35)58)46(67)48(71)65-54-19-16-52(17-20-54,18-21-54)50(73)66-24-22-53(23-25-66)27-33(53)13-12-32-8-6-9-34-36(32)30-68(49(34)72)40-14-15-43(69)64-47(40)70/h6-11,26,29,33,40,42,44,46,63H,5,14-25,27-28,30-31H2,1-4H3,(H,65,71)(H,64,69,70)/t33-,40?,42-,44-,46+,52?,54?,55-/m0/s1. The van der Waals surface area contributed by atoms with Crippen LogP contribution in [0.25, 0.3) is 0 Å². The highest BCUT2D eigenvalue weighted by atomic mass is 35.5. The normalized spacial score (nSPS) is 31.2. The average Bonchev–Trinajstić information content (AvgIpc) is 3.59. The van der Waals surface area contributed by atoms with Crippen molar-refractivity contribution >= 4 is 46.8 Å². The summed E-state index contributed by atoms with van der Waals surface area (Å²) in [6.45, 7) is 10.4. The fourth-order valence-corrected chi connectivity index (χ4v) is 14.7. The van der Waals surface area contributed by atoms with Gasteiger partial charge in [0.15, 0.2) is 0 Å². The number of amides is 5. The van der Waals surface area contributed by atoms with E-state index in [0.717, 1.165) is 36.5 Å². The molecular weight excluding hydrogens is 962 g/mol. The Hall–Kier alpha value is -5.53.